The molecule has 0 spiro atoms. The molecule has 0 saturated carbocycles. The summed E-state index contributed by atoms with van der Waals surface area (Å²) in [6.45, 7) is 2.16. The summed E-state index contributed by atoms with van der Waals surface area (Å²) in [6, 6.07) is 0. The Morgan fingerprint density at radius 3 is 2.00 bits per heavy atom. The SMILES string of the molecule is CCCC=CCCC=CCCC(=O)O. The molecule has 0 fully saturated rings. The number of carboxylic acid groups (broad SMARTS) is 1. The van der Waals surface area contributed by atoms with Crippen LogP contribution in [0.2, 0.25) is 0 Å². The number of carbonyl (C=O) groups is 1. The van der Waals surface area contributed by atoms with E-state index in [0.717, 1.165) is 19.3 Å². The van der Waals surface area contributed by atoms with Gasteiger partial charge in [-0.05, 0) is 25.7 Å². The number of allylic oxidation sites excluding steroid dienone is 4. The lowest BCUT2D eigenvalue weighted by atomic mass is 10.2. The number of hydrogen-bond donors (Lipinski definition) is 1. The van der Waals surface area contributed by atoms with Crippen molar-refractivity contribution in [1.82, 2.24) is 0 Å². The third-order valence-corrected chi connectivity index (χ3v) is 1.81. The third kappa shape index (κ3) is 11.0. The van der Waals surface area contributed by atoms with Crippen LogP contribution in [0.4, 0.5) is 0 Å². The van der Waals surface area contributed by atoms with E-state index >= 15 is 0 Å². The zero-order chi connectivity index (χ0) is 10.6. The average molecular weight is 196 g/mol. The Bertz CT molecular complexity index is 192. The summed E-state index contributed by atoms with van der Waals surface area (Å²) in [5, 5.41) is 8.37. The summed E-state index contributed by atoms with van der Waals surface area (Å²) >= 11 is 0. The van der Waals surface area contributed by atoms with Gasteiger partial charge in [0.1, 0.15) is 0 Å². The van der Waals surface area contributed by atoms with Gasteiger partial charge < -0.3 is 5.11 Å². The molecule has 2 nitrogen and oxygen atoms in total. The largest absolute Gasteiger partial charge is 0.481 e. The zero-order valence-electron chi connectivity index (χ0n) is 8.91. The van der Waals surface area contributed by atoms with Crippen LogP contribution in [0.1, 0.15) is 45.4 Å². The Balaban J connectivity index is 3.22. The predicted molar refractivity (Wildman–Crippen MR) is 59.3 cm³/mol. The van der Waals surface area contributed by atoms with Crippen molar-refractivity contribution in [3.05, 3.63) is 24.3 Å². The van der Waals surface area contributed by atoms with Crippen LogP contribution in [0.15, 0.2) is 24.3 Å². The summed E-state index contributed by atoms with van der Waals surface area (Å²) < 4.78 is 0. The highest BCUT2D eigenvalue weighted by atomic mass is 16.4. The minimum Gasteiger partial charge on any atom is -0.481 e. The predicted octanol–water partition coefficient (Wildman–Crippen LogP) is 3.54. The number of carboxylic acids is 1. The van der Waals surface area contributed by atoms with Crippen LogP contribution in [0.3, 0.4) is 0 Å². The normalized spacial score (nSPS) is 11.5. The van der Waals surface area contributed by atoms with Crippen molar-refractivity contribution in [2.24, 2.45) is 0 Å². The number of rotatable bonds is 8. The summed E-state index contributed by atoms with van der Waals surface area (Å²) in [5.41, 5.74) is 0. The second kappa shape index (κ2) is 10.0. The third-order valence-electron chi connectivity index (χ3n) is 1.81. The summed E-state index contributed by atoms with van der Waals surface area (Å²) in [4.78, 5) is 10.2. The lowest BCUT2D eigenvalue weighted by Gasteiger charge is -1.89. The van der Waals surface area contributed by atoms with Gasteiger partial charge in [-0.3, -0.25) is 4.79 Å². The molecule has 0 amide bonds. The first-order chi connectivity index (χ1) is 6.77. The van der Waals surface area contributed by atoms with Crippen LogP contribution >= 0.6 is 0 Å². The van der Waals surface area contributed by atoms with Gasteiger partial charge in [0.15, 0.2) is 0 Å². The molecule has 0 heterocycles. The number of aliphatic carboxylic acids is 1. The summed E-state index contributed by atoms with van der Waals surface area (Å²) in [6.07, 6.45) is 13.7. The Hall–Kier alpha value is -1.05. The Morgan fingerprint density at radius 1 is 1.00 bits per heavy atom. The standard InChI is InChI=1S/C12H20O2/c1-2-3-4-5-6-7-8-9-10-11-12(13)14/h4-5,8-9H,2-3,6-7,10-11H2,1H3,(H,13,14). The highest BCUT2D eigenvalue weighted by molar-refractivity contribution is 5.66. The number of unbranched alkanes of at least 4 members (excludes halogenated alkanes) is 2. The van der Waals surface area contributed by atoms with E-state index in [2.05, 4.69) is 25.2 Å². The van der Waals surface area contributed by atoms with Gasteiger partial charge in [0.25, 0.3) is 0 Å². The van der Waals surface area contributed by atoms with Crippen molar-refractivity contribution in [3.63, 3.8) is 0 Å². The lowest BCUT2D eigenvalue weighted by molar-refractivity contribution is -0.136. The molecule has 0 aliphatic heterocycles. The van der Waals surface area contributed by atoms with Crippen molar-refractivity contribution in [3.8, 4) is 0 Å². The van der Waals surface area contributed by atoms with Crippen molar-refractivity contribution in [2.75, 3.05) is 0 Å². The zero-order valence-corrected chi connectivity index (χ0v) is 8.91. The molecule has 0 aliphatic rings. The molecule has 0 saturated heterocycles. The Kier molecular flexibility index (Phi) is 9.28. The quantitative estimate of drug-likeness (QED) is 0.476. The van der Waals surface area contributed by atoms with Crippen molar-refractivity contribution >= 4 is 5.97 Å². The van der Waals surface area contributed by atoms with E-state index in [0.29, 0.717) is 6.42 Å². The molecule has 1 N–H and O–H groups in total. The second-order valence-electron chi connectivity index (χ2n) is 3.24. The van der Waals surface area contributed by atoms with Gasteiger partial charge in [-0.1, -0.05) is 37.6 Å². The van der Waals surface area contributed by atoms with Crippen LogP contribution < -0.4 is 0 Å². The molecule has 0 aromatic carbocycles. The minimum atomic E-state index is -0.725. The van der Waals surface area contributed by atoms with Gasteiger partial charge in [0, 0.05) is 6.42 Å². The van der Waals surface area contributed by atoms with E-state index in [1.807, 2.05) is 6.08 Å². The van der Waals surface area contributed by atoms with Gasteiger partial charge in [0.05, 0.1) is 0 Å². The lowest BCUT2D eigenvalue weighted by Crippen LogP contribution is -1.91. The molecule has 14 heavy (non-hydrogen) atoms. The molecule has 0 unspecified atom stereocenters. The topological polar surface area (TPSA) is 37.3 Å². The smallest absolute Gasteiger partial charge is 0.303 e. The van der Waals surface area contributed by atoms with E-state index in [-0.39, 0.29) is 6.42 Å². The van der Waals surface area contributed by atoms with Gasteiger partial charge in [-0.2, -0.15) is 0 Å². The fourth-order valence-corrected chi connectivity index (χ4v) is 1.04. The first kappa shape index (κ1) is 12.9. The Morgan fingerprint density at radius 2 is 1.50 bits per heavy atom. The van der Waals surface area contributed by atoms with E-state index in [9.17, 15) is 4.79 Å². The molecule has 2 heteroatoms. The highest BCUT2D eigenvalue weighted by Crippen LogP contribution is 1.98. The maximum atomic E-state index is 10.2. The van der Waals surface area contributed by atoms with E-state index < -0.39 is 5.97 Å². The van der Waals surface area contributed by atoms with Gasteiger partial charge in [-0.25, -0.2) is 0 Å². The second-order valence-corrected chi connectivity index (χ2v) is 3.24. The van der Waals surface area contributed by atoms with Crippen LogP contribution in [0, 0.1) is 0 Å². The average Bonchev–Trinajstić information content (AvgIpc) is 2.15. The molecule has 0 aromatic heterocycles. The first-order valence-electron chi connectivity index (χ1n) is 5.29. The van der Waals surface area contributed by atoms with Gasteiger partial charge in [-0.15, -0.1) is 0 Å². The van der Waals surface area contributed by atoms with Crippen LogP contribution in [0.5, 0.6) is 0 Å². The molecular weight excluding hydrogens is 176 g/mol. The minimum absolute atomic E-state index is 0.238. The first-order valence-corrected chi connectivity index (χ1v) is 5.29. The van der Waals surface area contributed by atoms with Crippen LogP contribution in [0.25, 0.3) is 0 Å². The molecule has 0 aromatic rings. The molecule has 80 valence electrons. The molecular formula is C12H20O2. The van der Waals surface area contributed by atoms with Crippen molar-refractivity contribution in [1.29, 1.82) is 0 Å². The van der Waals surface area contributed by atoms with Crippen LogP contribution in [-0.4, -0.2) is 11.1 Å². The van der Waals surface area contributed by atoms with Crippen molar-refractivity contribution < 1.29 is 9.90 Å². The number of hydrogen-bond acceptors (Lipinski definition) is 1. The van der Waals surface area contributed by atoms with E-state index in [4.69, 9.17) is 5.11 Å². The fourth-order valence-electron chi connectivity index (χ4n) is 1.04. The maximum absolute atomic E-state index is 10.2. The van der Waals surface area contributed by atoms with E-state index in [1.54, 1.807) is 0 Å². The monoisotopic (exact) mass is 196 g/mol. The van der Waals surface area contributed by atoms with Crippen molar-refractivity contribution in [2.45, 2.75) is 45.4 Å². The van der Waals surface area contributed by atoms with Gasteiger partial charge >= 0.3 is 5.97 Å². The molecule has 0 atom stereocenters. The summed E-state index contributed by atoms with van der Waals surface area (Å²) in [5.74, 6) is -0.725. The van der Waals surface area contributed by atoms with E-state index in [1.165, 1.54) is 6.42 Å². The maximum Gasteiger partial charge on any atom is 0.303 e. The molecule has 0 rings (SSSR count). The molecule has 0 bridgehead atoms. The molecule has 0 aliphatic carbocycles. The van der Waals surface area contributed by atoms with Crippen LogP contribution in [-0.2, 0) is 4.79 Å². The van der Waals surface area contributed by atoms with Gasteiger partial charge in [0.2, 0.25) is 0 Å². The summed E-state index contributed by atoms with van der Waals surface area (Å²) in [7, 11) is 0. The fraction of sp³-hybridized carbons (Fsp3) is 0.583. The highest BCUT2D eigenvalue weighted by Gasteiger charge is 1.90. The Labute approximate surface area is 86.3 Å². The molecule has 0 radical (unpaired) electrons.